The molecular formula is C21H15Br2N3O3. The summed E-state index contributed by atoms with van der Waals surface area (Å²) in [4.78, 5) is 13.3. The van der Waals surface area contributed by atoms with Gasteiger partial charge in [-0.15, -0.1) is 0 Å². The Labute approximate surface area is 183 Å². The van der Waals surface area contributed by atoms with Gasteiger partial charge in [-0.1, -0.05) is 12.1 Å². The van der Waals surface area contributed by atoms with Gasteiger partial charge in [-0.3, -0.25) is 4.79 Å². The van der Waals surface area contributed by atoms with Crippen LogP contribution in [0.4, 0.5) is 0 Å². The second kappa shape index (κ2) is 7.25. The molecule has 146 valence electrons. The number of aryl methyl sites for hydroxylation is 1. The molecule has 8 heteroatoms. The second-order valence-electron chi connectivity index (χ2n) is 6.57. The van der Waals surface area contributed by atoms with E-state index in [1.807, 2.05) is 36.4 Å². The van der Waals surface area contributed by atoms with Crippen LogP contribution in [-0.2, 0) is 7.05 Å². The summed E-state index contributed by atoms with van der Waals surface area (Å²) < 4.78 is 14.1. The van der Waals surface area contributed by atoms with E-state index in [-0.39, 0.29) is 17.0 Å². The van der Waals surface area contributed by atoms with Crippen molar-refractivity contribution < 1.29 is 9.47 Å². The van der Waals surface area contributed by atoms with E-state index in [0.717, 1.165) is 10.9 Å². The van der Waals surface area contributed by atoms with Gasteiger partial charge in [0.15, 0.2) is 0 Å². The molecule has 0 unspecified atom stereocenters. The van der Waals surface area contributed by atoms with Gasteiger partial charge in [0.1, 0.15) is 23.1 Å². The topological polar surface area (TPSA) is 90.3 Å². The molecule has 2 N–H and O–H groups in total. The molecule has 0 saturated heterocycles. The van der Waals surface area contributed by atoms with Crippen LogP contribution in [0.3, 0.4) is 0 Å². The molecule has 2 heterocycles. The van der Waals surface area contributed by atoms with Crippen molar-refractivity contribution in [1.82, 2.24) is 4.57 Å². The van der Waals surface area contributed by atoms with Crippen LogP contribution in [0.15, 0.2) is 61.6 Å². The number of hydrogen-bond donors (Lipinski definition) is 1. The van der Waals surface area contributed by atoms with Crippen LogP contribution in [0.5, 0.6) is 11.5 Å². The highest BCUT2D eigenvalue weighted by molar-refractivity contribution is 9.11. The molecule has 3 aromatic rings. The number of nitriles is 1. The van der Waals surface area contributed by atoms with Crippen LogP contribution in [-0.4, -0.2) is 11.7 Å². The van der Waals surface area contributed by atoms with Crippen molar-refractivity contribution in [1.29, 1.82) is 5.26 Å². The number of ether oxygens (including phenoxy) is 2. The van der Waals surface area contributed by atoms with E-state index < -0.39 is 5.92 Å². The van der Waals surface area contributed by atoms with Crippen molar-refractivity contribution in [2.45, 2.75) is 5.92 Å². The Balaban J connectivity index is 2.11. The highest BCUT2D eigenvalue weighted by atomic mass is 79.9. The van der Waals surface area contributed by atoms with Crippen LogP contribution < -0.4 is 20.8 Å². The molecular weight excluding hydrogens is 502 g/mol. The summed E-state index contributed by atoms with van der Waals surface area (Å²) in [6.07, 6.45) is 0. The van der Waals surface area contributed by atoms with Crippen molar-refractivity contribution in [2.75, 3.05) is 7.11 Å². The number of benzene rings is 2. The van der Waals surface area contributed by atoms with Crippen LogP contribution in [0.25, 0.3) is 10.9 Å². The van der Waals surface area contributed by atoms with Crippen molar-refractivity contribution in [2.24, 2.45) is 12.8 Å². The molecule has 1 atom stereocenters. The minimum Gasteiger partial charge on any atom is -0.494 e. The highest BCUT2D eigenvalue weighted by Crippen LogP contribution is 2.46. The lowest BCUT2D eigenvalue weighted by Gasteiger charge is -2.28. The Morgan fingerprint density at radius 2 is 1.90 bits per heavy atom. The first-order chi connectivity index (χ1) is 13.9. The molecule has 4 rings (SSSR count). The quantitative estimate of drug-likeness (QED) is 0.548. The predicted octanol–water partition coefficient (Wildman–Crippen LogP) is 4.29. The number of hydrogen-bond acceptors (Lipinski definition) is 5. The zero-order valence-corrected chi connectivity index (χ0v) is 18.7. The van der Waals surface area contributed by atoms with Gasteiger partial charge in [0, 0.05) is 12.4 Å². The van der Waals surface area contributed by atoms with Gasteiger partial charge in [0.25, 0.3) is 5.56 Å². The lowest BCUT2D eigenvalue weighted by Crippen LogP contribution is -2.31. The lowest BCUT2D eigenvalue weighted by atomic mass is 9.83. The Kier molecular flexibility index (Phi) is 4.89. The monoisotopic (exact) mass is 515 g/mol. The molecule has 29 heavy (non-hydrogen) atoms. The number of pyridine rings is 1. The molecule has 0 bridgehead atoms. The maximum absolute atomic E-state index is 13.3. The highest BCUT2D eigenvalue weighted by Gasteiger charge is 2.35. The standard InChI is InChI=1S/C21H15Br2N3O3/c1-26-15-6-4-3-5-11(15)18-17(21(26)27)16(12(9-24)20(25)29-18)10-7-13(22)19(28-2)14(23)8-10/h3-8,16H,25H2,1-2H3/t16-/m1/s1. The third kappa shape index (κ3) is 2.93. The second-order valence-corrected chi connectivity index (χ2v) is 8.28. The van der Waals surface area contributed by atoms with Gasteiger partial charge in [-0.2, -0.15) is 5.26 Å². The minimum atomic E-state index is -0.675. The number of fused-ring (bicyclic) bond motifs is 3. The maximum Gasteiger partial charge on any atom is 0.258 e. The lowest BCUT2D eigenvalue weighted by molar-refractivity contribution is 0.395. The van der Waals surface area contributed by atoms with Gasteiger partial charge >= 0.3 is 0 Å². The summed E-state index contributed by atoms with van der Waals surface area (Å²) in [5.41, 5.74) is 7.87. The summed E-state index contributed by atoms with van der Waals surface area (Å²) in [6.45, 7) is 0. The summed E-state index contributed by atoms with van der Waals surface area (Å²) in [6, 6.07) is 13.2. The summed E-state index contributed by atoms with van der Waals surface area (Å²) in [5.74, 6) is 0.313. The van der Waals surface area contributed by atoms with E-state index >= 15 is 0 Å². The third-order valence-corrected chi connectivity index (χ3v) is 6.20. The number of rotatable bonds is 2. The fourth-order valence-electron chi connectivity index (χ4n) is 3.70. The number of methoxy groups -OCH3 is 1. The third-order valence-electron chi connectivity index (χ3n) is 5.02. The SMILES string of the molecule is COc1c(Br)cc([C@@H]2C(C#N)=C(N)Oc3c2c(=O)n(C)c2ccccc32)cc1Br. The summed E-state index contributed by atoms with van der Waals surface area (Å²) >= 11 is 6.99. The number of nitrogens with two attached hydrogens (primary N) is 1. The first-order valence-corrected chi connectivity index (χ1v) is 10.2. The average molecular weight is 517 g/mol. The molecule has 1 aromatic heterocycles. The summed E-state index contributed by atoms with van der Waals surface area (Å²) in [7, 11) is 3.27. The normalized spacial score (nSPS) is 15.6. The molecule has 0 fully saturated rings. The molecule has 2 aromatic carbocycles. The first-order valence-electron chi connectivity index (χ1n) is 8.61. The van der Waals surface area contributed by atoms with E-state index in [9.17, 15) is 10.1 Å². The van der Waals surface area contributed by atoms with E-state index in [1.165, 1.54) is 0 Å². The molecule has 0 spiro atoms. The number of aromatic nitrogens is 1. The first kappa shape index (κ1) is 19.6. The maximum atomic E-state index is 13.3. The Morgan fingerprint density at radius 3 is 2.52 bits per heavy atom. The Bertz CT molecular complexity index is 1280. The predicted molar refractivity (Wildman–Crippen MR) is 117 cm³/mol. The zero-order chi connectivity index (χ0) is 20.9. The fraction of sp³-hybridized carbons (Fsp3) is 0.143. The Morgan fingerprint density at radius 1 is 1.24 bits per heavy atom. The smallest absolute Gasteiger partial charge is 0.258 e. The average Bonchev–Trinajstić information content (AvgIpc) is 2.70. The number of nitrogens with zero attached hydrogens (tertiary/aromatic N) is 2. The van der Waals surface area contributed by atoms with Gasteiger partial charge in [0.2, 0.25) is 5.88 Å². The van der Waals surface area contributed by atoms with Crippen molar-refractivity contribution in [3.8, 4) is 17.6 Å². The summed E-state index contributed by atoms with van der Waals surface area (Å²) in [5, 5.41) is 10.6. The zero-order valence-electron chi connectivity index (χ0n) is 15.5. The molecule has 0 aliphatic carbocycles. The van der Waals surface area contributed by atoms with Crippen molar-refractivity contribution >= 4 is 42.8 Å². The van der Waals surface area contributed by atoms with Gasteiger partial charge in [0.05, 0.1) is 33.1 Å². The van der Waals surface area contributed by atoms with E-state index in [1.54, 1.807) is 18.7 Å². The van der Waals surface area contributed by atoms with E-state index in [2.05, 4.69) is 37.9 Å². The molecule has 1 aliphatic heterocycles. The van der Waals surface area contributed by atoms with Gasteiger partial charge in [-0.25, -0.2) is 0 Å². The van der Waals surface area contributed by atoms with Crippen LogP contribution in [0.1, 0.15) is 17.0 Å². The van der Waals surface area contributed by atoms with Crippen molar-refractivity contribution in [3.05, 3.63) is 78.3 Å². The van der Waals surface area contributed by atoms with E-state index in [4.69, 9.17) is 15.2 Å². The molecule has 6 nitrogen and oxygen atoms in total. The number of para-hydroxylation sites is 1. The van der Waals surface area contributed by atoms with Crippen LogP contribution >= 0.6 is 31.9 Å². The molecule has 0 amide bonds. The van der Waals surface area contributed by atoms with E-state index in [0.29, 0.717) is 31.6 Å². The van der Waals surface area contributed by atoms with Crippen LogP contribution in [0.2, 0.25) is 0 Å². The number of allylic oxidation sites excluding steroid dienone is 1. The van der Waals surface area contributed by atoms with Gasteiger partial charge < -0.3 is 19.8 Å². The van der Waals surface area contributed by atoms with Crippen molar-refractivity contribution in [3.63, 3.8) is 0 Å². The number of halogens is 2. The minimum absolute atomic E-state index is 0.00790. The largest absolute Gasteiger partial charge is 0.494 e. The fourth-order valence-corrected chi connectivity index (χ4v) is 5.25. The Hall–Kier alpha value is -2.76. The van der Waals surface area contributed by atoms with Gasteiger partial charge in [-0.05, 0) is 61.7 Å². The van der Waals surface area contributed by atoms with Crippen LogP contribution in [0, 0.1) is 11.3 Å². The molecule has 1 aliphatic rings. The molecule has 0 radical (unpaired) electrons. The molecule has 0 saturated carbocycles.